The molecule has 1 aromatic carbocycles. The number of rotatable bonds is 5. The molecule has 0 spiro atoms. The number of halogens is 4. The summed E-state index contributed by atoms with van der Waals surface area (Å²) in [5.74, 6) is -0.416. The molecule has 2 heterocycles. The minimum atomic E-state index is -4.20. The quantitative estimate of drug-likeness (QED) is 0.778. The molecule has 1 aliphatic heterocycles. The molecule has 2 aromatic rings. The molecule has 0 saturated carbocycles. The maximum absolute atomic E-state index is 12.5. The molecule has 0 unspecified atom stereocenters. The molecular formula is C18H23ClF3N5O. The van der Waals surface area contributed by atoms with E-state index in [9.17, 15) is 18.0 Å². The molecular weight excluding hydrogens is 395 g/mol. The Morgan fingerprint density at radius 2 is 2.04 bits per heavy atom. The van der Waals surface area contributed by atoms with Crippen molar-refractivity contribution < 1.29 is 18.0 Å². The van der Waals surface area contributed by atoms with Crippen LogP contribution < -0.4 is 10.6 Å². The highest BCUT2D eigenvalue weighted by molar-refractivity contribution is 6.03. The highest BCUT2D eigenvalue weighted by Gasteiger charge is 2.26. The van der Waals surface area contributed by atoms with Crippen LogP contribution in [0.15, 0.2) is 24.3 Å². The lowest BCUT2D eigenvalue weighted by atomic mass is 10.1. The molecule has 0 bridgehead atoms. The summed E-state index contributed by atoms with van der Waals surface area (Å²) in [5.41, 5.74) is 1.87. The molecule has 28 heavy (non-hydrogen) atoms. The van der Waals surface area contributed by atoms with Crippen LogP contribution in [0, 0.1) is 6.92 Å². The van der Waals surface area contributed by atoms with Gasteiger partial charge in [-0.25, -0.2) is 4.68 Å². The van der Waals surface area contributed by atoms with Gasteiger partial charge in [0.1, 0.15) is 0 Å². The lowest BCUT2D eigenvalue weighted by Gasteiger charge is -2.23. The van der Waals surface area contributed by atoms with Crippen LogP contribution in [0.1, 0.15) is 47.1 Å². The summed E-state index contributed by atoms with van der Waals surface area (Å²) in [4.78, 5) is 12.5. The van der Waals surface area contributed by atoms with Crippen LogP contribution in [0.25, 0.3) is 0 Å². The Hall–Kier alpha value is -2.13. The number of benzene rings is 1. The van der Waals surface area contributed by atoms with Crippen molar-refractivity contribution in [2.45, 2.75) is 44.8 Å². The Labute approximate surface area is 167 Å². The van der Waals surface area contributed by atoms with Crippen LogP contribution in [-0.4, -0.2) is 40.2 Å². The third-order valence-corrected chi connectivity index (χ3v) is 4.68. The van der Waals surface area contributed by atoms with E-state index in [1.807, 2.05) is 0 Å². The number of alkyl halides is 3. The maximum atomic E-state index is 12.5. The normalized spacial score (nSPS) is 15.1. The van der Waals surface area contributed by atoms with Crippen molar-refractivity contribution in [2.24, 2.45) is 0 Å². The third kappa shape index (κ3) is 5.68. The van der Waals surface area contributed by atoms with Gasteiger partial charge in [0.25, 0.3) is 5.91 Å². The van der Waals surface area contributed by atoms with Crippen molar-refractivity contribution in [3.05, 3.63) is 41.2 Å². The summed E-state index contributed by atoms with van der Waals surface area (Å²) in [5, 5.41) is 14.1. The van der Waals surface area contributed by atoms with Crippen LogP contribution in [0.4, 0.5) is 18.9 Å². The van der Waals surface area contributed by atoms with E-state index in [2.05, 4.69) is 20.9 Å². The molecule has 0 aliphatic carbocycles. The van der Waals surface area contributed by atoms with Crippen LogP contribution in [0.2, 0.25) is 0 Å². The van der Waals surface area contributed by atoms with Crippen molar-refractivity contribution in [1.29, 1.82) is 0 Å². The van der Waals surface area contributed by atoms with E-state index in [1.54, 1.807) is 35.9 Å². The molecule has 0 atom stereocenters. The van der Waals surface area contributed by atoms with Gasteiger partial charge in [-0.1, -0.05) is 17.3 Å². The number of aromatic nitrogens is 3. The second-order valence-electron chi connectivity index (χ2n) is 6.72. The molecule has 0 radical (unpaired) electrons. The Morgan fingerprint density at radius 1 is 1.32 bits per heavy atom. The number of piperidine rings is 1. The highest BCUT2D eigenvalue weighted by Crippen LogP contribution is 2.24. The molecule has 154 valence electrons. The van der Waals surface area contributed by atoms with Crippen LogP contribution in [0.5, 0.6) is 0 Å². The second-order valence-corrected chi connectivity index (χ2v) is 6.72. The first kappa shape index (κ1) is 22.2. The number of carbonyl (C=O) groups excluding carboxylic acids is 1. The Balaban J connectivity index is 0.00000280. The molecule has 2 N–H and O–H groups in total. The van der Waals surface area contributed by atoms with Crippen molar-refractivity contribution in [2.75, 3.05) is 18.4 Å². The van der Waals surface area contributed by atoms with Gasteiger partial charge in [-0.15, -0.1) is 17.5 Å². The average Bonchev–Trinajstić information content (AvgIpc) is 3.02. The predicted molar refractivity (Wildman–Crippen MR) is 102 cm³/mol. The zero-order chi connectivity index (χ0) is 19.4. The van der Waals surface area contributed by atoms with Gasteiger partial charge in [0.2, 0.25) is 0 Å². The Kier molecular flexibility index (Phi) is 7.42. The zero-order valence-corrected chi connectivity index (χ0v) is 16.2. The van der Waals surface area contributed by atoms with E-state index >= 15 is 0 Å². The van der Waals surface area contributed by atoms with E-state index in [4.69, 9.17) is 0 Å². The van der Waals surface area contributed by atoms with Gasteiger partial charge >= 0.3 is 6.18 Å². The molecule has 1 aliphatic rings. The van der Waals surface area contributed by atoms with E-state index < -0.39 is 18.5 Å². The minimum Gasteiger partial charge on any atom is -0.321 e. The number of hydrogen-bond donors (Lipinski definition) is 2. The molecule has 6 nitrogen and oxygen atoms in total. The van der Waals surface area contributed by atoms with Gasteiger partial charge in [-0.2, -0.15) is 13.2 Å². The van der Waals surface area contributed by atoms with Crippen molar-refractivity contribution in [3.8, 4) is 0 Å². The monoisotopic (exact) mass is 417 g/mol. The molecule has 1 saturated heterocycles. The van der Waals surface area contributed by atoms with Crippen LogP contribution in [-0.2, 0) is 6.42 Å². The van der Waals surface area contributed by atoms with Crippen molar-refractivity contribution in [1.82, 2.24) is 20.3 Å². The number of nitrogens with one attached hydrogen (secondary N) is 2. The maximum Gasteiger partial charge on any atom is 0.389 e. The fourth-order valence-electron chi connectivity index (χ4n) is 3.23. The smallest absolute Gasteiger partial charge is 0.321 e. The van der Waals surface area contributed by atoms with E-state index in [1.165, 1.54) is 0 Å². The number of nitrogens with zero attached hydrogens (tertiary/aromatic N) is 3. The third-order valence-electron chi connectivity index (χ3n) is 4.68. The van der Waals surface area contributed by atoms with Crippen molar-refractivity contribution in [3.63, 3.8) is 0 Å². The second kappa shape index (κ2) is 9.38. The van der Waals surface area contributed by atoms with Crippen molar-refractivity contribution >= 4 is 24.0 Å². The first-order chi connectivity index (χ1) is 12.8. The first-order valence-corrected chi connectivity index (χ1v) is 8.93. The van der Waals surface area contributed by atoms with E-state index in [-0.39, 0.29) is 30.6 Å². The van der Waals surface area contributed by atoms with Gasteiger partial charge in [0, 0.05) is 12.1 Å². The number of hydrogen-bond acceptors (Lipinski definition) is 4. The highest BCUT2D eigenvalue weighted by atomic mass is 35.5. The summed E-state index contributed by atoms with van der Waals surface area (Å²) in [7, 11) is 0. The molecule has 1 amide bonds. The summed E-state index contributed by atoms with van der Waals surface area (Å²) < 4.78 is 38.9. The van der Waals surface area contributed by atoms with Crippen LogP contribution >= 0.6 is 12.4 Å². The van der Waals surface area contributed by atoms with Crippen LogP contribution in [0.3, 0.4) is 0 Å². The van der Waals surface area contributed by atoms with Gasteiger partial charge in [-0.3, -0.25) is 4.79 Å². The fourth-order valence-corrected chi connectivity index (χ4v) is 3.23. The number of carbonyl (C=O) groups is 1. The first-order valence-electron chi connectivity index (χ1n) is 8.93. The topological polar surface area (TPSA) is 71.8 Å². The SMILES string of the molecule is Cc1c(C(=O)Nc2cccc(CCC(F)(F)F)c2)nnn1C1CCNCC1.Cl. The number of aryl methyl sites for hydroxylation is 1. The summed E-state index contributed by atoms with van der Waals surface area (Å²) in [6.07, 6.45) is -3.38. The predicted octanol–water partition coefficient (Wildman–Crippen LogP) is 3.68. The van der Waals surface area contributed by atoms with E-state index in [0.717, 1.165) is 25.9 Å². The average molecular weight is 418 g/mol. The summed E-state index contributed by atoms with van der Waals surface area (Å²) in [6, 6.07) is 6.64. The standard InChI is InChI=1S/C18H22F3N5O.ClH/c1-12-16(24-25-26(12)15-6-9-22-10-7-15)17(27)23-14-4-2-3-13(11-14)5-8-18(19,20)21;/h2-4,11,15,22H,5-10H2,1H3,(H,23,27);1H. The van der Waals surface area contributed by atoms with Gasteiger partial charge in [0.15, 0.2) is 5.69 Å². The molecule has 3 rings (SSSR count). The summed E-state index contributed by atoms with van der Waals surface area (Å²) >= 11 is 0. The van der Waals surface area contributed by atoms with Gasteiger partial charge < -0.3 is 10.6 Å². The number of anilines is 1. The zero-order valence-electron chi connectivity index (χ0n) is 15.4. The summed E-state index contributed by atoms with van der Waals surface area (Å²) in [6.45, 7) is 3.60. The molecule has 1 fully saturated rings. The van der Waals surface area contributed by atoms with Gasteiger partial charge in [-0.05, 0) is 57.0 Å². The number of amides is 1. The Bertz CT molecular complexity index is 803. The van der Waals surface area contributed by atoms with E-state index in [0.29, 0.717) is 16.9 Å². The lowest BCUT2D eigenvalue weighted by Crippen LogP contribution is -2.30. The lowest BCUT2D eigenvalue weighted by molar-refractivity contribution is -0.134. The Morgan fingerprint density at radius 3 is 2.71 bits per heavy atom. The molecule has 10 heteroatoms. The fraction of sp³-hybridized carbons (Fsp3) is 0.500. The minimum absolute atomic E-state index is 0. The molecule has 1 aromatic heterocycles. The van der Waals surface area contributed by atoms with Gasteiger partial charge in [0.05, 0.1) is 11.7 Å². The largest absolute Gasteiger partial charge is 0.389 e.